The van der Waals surface area contributed by atoms with E-state index in [-0.39, 0.29) is 11.9 Å². The average Bonchev–Trinajstić information content (AvgIpc) is 2.84. The number of aryl methyl sites for hydroxylation is 1. The summed E-state index contributed by atoms with van der Waals surface area (Å²) in [6, 6.07) is 7.76. The molecule has 0 radical (unpaired) electrons. The fourth-order valence-corrected chi connectivity index (χ4v) is 2.93. The van der Waals surface area contributed by atoms with Gasteiger partial charge in [-0.3, -0.25) is 4.79 Å². The maximum atomic E-state index is 12.3. The lowest BCUT2D eigenvalue weighted by Gasteiger charge is -2.23. The summed E-state index contributed by atoms with van der Waals surface area (Å²) < 4.78 is 0.869. The van der Waals surface area contributed by atoms with E-state index < -0.39 is 0 Å². The number of rotatable bonds is 3. The summed E-state index contributed by atoms with van der Waals surface area (Å²) in [4.78, 5) is 20.6. The van der Waals surface area contributed by atoms with Crippen LogP contribution in [0.1, 0.15) is 33.2 Å². The minimum Gasteiger partial charge on any atom is -0.333 e. The Morgan fingerprint density at radius 2 is 2.11 bits per heavy atom. The summed E-state index contributed by atoms with van der Waals surface area (Å²) in [7, 11) is 1.81. The molecule has 0 fully saturated rings. The highest BCUT2D eigenvalue weighted by atomic mass is 79.9. The number of hydrogen-bond donors (Lipinski definition) is 0. The summed E-state index contributed by atoms with van der Waals surface area (Å²) in [6.07, 6.45) is 1.64. The highest BCUT2D eigenvalue weighted by Crippen LogP contribution is 2.27. The standard InChI is InChI=1S/C14H15BrN2OS/c1-9-4-7-13(19-9)10(2)17(3)14(18)12-6-5-11(15)8-16-12/h4-8,10H,1-3H3. The van der Waals surface area contributed by atoms with Gasteiger partial charge in [0.1, 0.15) is 5.69 Å². The third kappa shape index (κ3) is 3.22. The highest BCUT2D eigenvalue weighted by molar-refractivity contribution is 9.10. The summed E-state index contributed by atoms with van der Waals surface area (Å²) in [5.74, 6) is -0.0638. The molecule has 2 rings (SSSR count). The zero-order valence-electron chi connectivity index (χ0n) is 11.1. The van der Waals surface area contributed by atoms with Gasteiger partial charge in [-0.2, -0.15) is 0 Å². The van der Waals surface area contributed by atoms with E-state index in [0.717, 1.165) is 4.47 Å². The number of nitrogens with zero attached hydrogens (tertiary/aromatic N) is 2. The van der Waals surface area contributed by atoms with Crippen LogP contribution in [0.4, 0.5) is 0 Å². The van der Waals surface area contributed by atoms with Gasteiger partial charge in [0.25, 0.3) is 5.91 Å². The minimum absolute atomic E-state index is 0.0525. The number of carbonyl (C=O) groups is 1. The average molecular weight is 339 g/mol. The van der Waals surface area contributed by atoms with Gasteiger partial charge in [-0.15, -0.1) is 11.3 Å². The molecule has 100 valence electrons. The number of thiophene rings is 1. The molecule has 3 nitrogen and oxygen atoms in total. The monoisotopic (exact) mass is 338 g/mol. The third-order valence-corrected chi connectivity index (χ3v) is 4.66. The molecular formula is C14H15BrN2OS. The first-order valence-electron chi connectivity index (χ1n) is 5.94. The Morgan fingerprint density at radius 1 is 1.37 bits per heavy atom. The van der Waals surface area contributed by atoms with Crippen molar-refractivity contribution in [1.29, 1.82) is 0 Å². The zero-order valence-corrected chi connectivity index (χ0v) is 13.5. The van der Waals surface area contributed by atoms with Crippen LogP contribution in [0.25, 0.3) is 0 Å². The topological polar surface area (TPSA) is 33.2 Å². The van der Waals surface area contributed by atoms with Crippen molar-refractivity contribution in [2.75, 3.05) is 7.05 Å². The molecule has 0 N–H and O–H groups in total. The van der Waals surface area contributed by atoms with Crippen LogP contribution >= 0.6 is 27.3 Å². The van der Waals surface area contributed by atoms with Gasteiger partial charge in [-0.25, -0.2) is 4.98 Å². The number of amides is 1. The van der Waals surface area contributed by atoms with Crippen LogP contribution in [-0.4, -0.2) is 22.8 Å². The summed E-state index contributed by atoms with van der Waals surface area (Å²) in [5, 5.41) is 0. The number of hydrogen-bond acceptors (Lipinski definition) is 3. The van der Waals surface area contributed by atoms with E-state index in [1.54, 1.807) is 28.5 Å². The van der Waals surface area contributed by atoms with E-state index in [1.165, 1.54) is 9.75 Å². The molecule has 2 aromatic rings. The molecule has 2 heterocycles. The number of aromatic nitrogens is 1. The van der Waals surface area contributed by atoms with Crippen molar-refractivity contribution in [2.24, 2.45) is 0 Å². The molecule has 0 saturated carbocycles. The molecule has 1 unspecified atom stereocenters. The van der Waals surface area contributed by atoms with Crippen molar-refractivity contribution < 1.29 is 4.79 Å². The van der Waals surface area contributed by atoms with Gasteiger partial charge in [0.15, 0.2) is 0 Å². The molecule has 1 amide bonds. The first-order chi connectivity index (χ1) is 8.99. The van der Waals surface area contributed by atoms with E-state index in [2.05, 4.69) is 40.0 Å². The predicted molar refractivity (Wildman–Crippen MR) is 81.5 cm³/mol. The van der Waals surface area contributed by atoms with E-state index in [9.17, 15) is 4.79 Å². The Bertz CT molecular complexity index is 579. The minimum atomic E-state index is -0.0638. The van der Waals surface area contributed by atoms with Gasteiger partial charge in [0.2, 0.25) is 0 Å². The number of carbonyl (C=O) groups excluding carboxylic acids is 1. The first kappa shape index (κ1) is 14.2. The maximum absolute atomic E-state index is 12.3. The Kier molecular flexibility index (Phi) is 4.37. The fourth-order valence-electron chi connectivity index (χ4n) is 1.73. The molecule has 19 heavy (non-hydrogen) atoms. The maximum Gasteiger partial charge on any atom is 0.272 e. The number of pyridine rings is 1. The van der Waals surface area contributed by atoms with E-state index in [0.29, 0.717) is 5.69 Å². The van der Waals surface area contributed by atoms with Crippen molar-refractivity contribution >= 4 is 33.2 Å². The van der Waals surface area contributed by atoms with E-state index >= 15 is 0 Å². The second-order valence-corrected chi connectivity index (χ2v) is 6.64. The normalized spacial score (nSPS) is 12.2. The molecule has 0 bridgehead atoms. The van der Waals surface area contributed by atoms with Crippen LogP contribution in [-0.2, 0) is 0 Å². The molecule has 0 aliphatic carbocycles. The molecule has 1 atom stereocenters. The van der Waals surface area contributed by atoms with Crippen LogP contribution in [0.2, 0.25) is 0 Å². The van der Waals surface area contributed by atoms with Gasteiger partial charge >= 0.3 is 0 Å². The summed E-state index contributed by atoms with van der Waals surface area (Å²) >= 11 is 5.03. The van der Waals surface area contributed by atoms with Gasteiger partial charge in [0.05, 0.1) is 6.04 Å². The van der Waals surface area contributed by atoms with Crippen LogP contribution in [0, 0.1) is 6.92 Å². The predicted octanol–water partition coefficient (Wildman–Crippen LogP) is 4.05. The Balaban J connectivity index is 2.17. The summed E-state index contributed by atoms with van der Waals surface area (Å²) in [6.45, 7) is 4.10. The lowest BCUT2D eigenvalue weighted by atomic mass is 10.2. The molecular weight excluding hydrogens is 324 g/mol. The van der Waals surface area contributed by atoms with Crippen molar-refractivity contribution in [3.63, 3.8) is 0 Å². The van der Waals surface area contributed by atoms with Gasteiger partial charge < -0.3 is 4.90 Å². The van der Waals surface area contributed by atoms with Crippen LogP contribution in [0.15, 0.2) is 34.9 Å². The molecule has 0 aliphatic heterocycles. The zero-order chi connectivity index (χ0) is 14.0. The van der Waals surface area contributed by atoms with Crippen molar-refractivity contribution in [3.05, 3.63) is 50.4 Å². The second kappa shape index (κ2) is 5.84. The van der Waals surface area contributed by atoms with Gasteiger partial charge in [-0.1, -0.05) is 0 Å². The lowest BCUT2D eigenvalue weighted by Crippen LogP contribution is -2.29. The molecule has 0 aromatic carbocycles. The number of halogens is 1. The molecule has 5 heteroatoms. The lowest BCUT2D eigenvalue weighted by molar-refractivity contribution is 0.0739. The van der Waals surface area contributed by atoms with Crippen LogP contribution in [0.5, 0.6) is 0 Å². The van der Waals surface area contributed by atoms with Crippen molar-refractivity contribution in [1.82, 2.24) is 9.88 Å². The fraction of sp³-hybridized carbons (Fsp3) is 0.286. The Morgan fingerprint density at radius 3 is 2.63 bits per heavy atom. The van der Waals surface area contributed by atoms with Crippen LogP contribution < -0.4 is 0 Å². The quantitative estimate of drug-likeness (QED) is 0.845. The SMILES string of the molecule is Cc1ccc(C(C)N(C)C(=O)c2ccc(Br)cn2)s1. The molecule has 0 saturated heterocycles. The molecule has 2 aromatic heterocycles. The largest absolute Gasteiger partial charge is 0.333 e. The van der Waals surface area contributed by atoms with Crippen molar-refractivity contribution in [2.45, 2.75) is 19.9 Å². The molecule has 0 aliphatic rings. The highest BCUT2D eigenvalue weighted by Gasteiger charge is 2.20. The summed E-state index contributed by atoms with van der Waals surface area (Å²) in [5.41, 5.74) is 0.464. The molecule has 0 spiro atoms. The van der Waals surface area contributed by atoms with E-state index in [4.69, 9.17) is 0 Å². The van der Waals surface area contributed by atoms with Crippen molar-refractivity contribution in [3.8, 4) is 0 Å². The van der Waals surface area contributed by atoms with E-state index in [1.807, 2.05) is 20.0 Å². The Labute approximate surface area is 125 Å². The smallest absolute Gasteiger partial charge is 0.272 e. The second-order valence-electron chi connectivity index (χ2n) is 4.40. The Hall–Kier alpha value is -1.20. The van der Waals surface area contributed by atoms with Gasteiger partial charge in [-0.05, 0) is 54.0 Å². The first-order valence-corrected chi connectivity index (χ1v) is 7.55. The third-order valence-electron chi connectivity index (χ3n) is 3.02. The van der Waals surface area contributed by atoms with Crippen LogP contribution in [0.3, 0.4) is 0 Å². The van der Waals surface area contributed by atoms with Gasteiger partial charge in [0, 0.05) is 27.5 Å².